The van der Waals surface area contributed by atoms with E-state index >= 15 is 0 Å². The van der Waals surface area contributed by atoms with Crippen LogP contribution in [0.5, 0.6) is 0 Å². The van der Waals surface area contributed by atoms with Gasteiger partial charge in [-0.3, -0.25) is 9.78 Å². The fraction of sp³-hybridized carbons (Fsp3) is 0. The Morgan fingerprint density at radius 3 is 2.67 bits per heavy atom. The second kappa shape index (κ2) is 5.31. The second-order valence-corrected chi connectivity index (χ2v) is 3.56. The number of benzene rings is 1. The van der Waals surface area contributed by atoms with Gasteiger partial charge in [-0.1, -0.05) is 18.2 Å². The van der Waals surface area contributed by atoms with Crippen molar-refractivity contribution < 1.29 is 13.6 Å². The van der Waals surface area contributed by atoms with Crippen LogP contribution in [0.2, 0.25) is 0 Å². The fourth-order valence-electron chi connectivity index (χ4n) is 1.41. The van der Waals surface area contributed by atoms with Crippen LogP contribution in [0.3, 0.4) is 0 Å². The third-order valence-electron chi connectivity index (χ3n) is 2.31. The lowest BCUT2D eigenvalue weighted by atomic mass is 10.1. The summed E-state index contributed by atoms with van der Waals surface area (Å²) in [6.07, 6.45) is 3.89. The summed E-state index contributed by atoms with van der Waals surface area (Å²) < 4.78 is 26.2. The SMILES string of the molecule is O=C(/C=C/c1cccc(F)c1F)c1ccccn1. The number of rotatable bonds is 3. The molecule has 2 rings (SSSR count). The molecule has 0 N–H and O–H groups in total. The van der Waals surface area contributed by atoms with Crippen molar-refractivity contribution in [1.82, 2.24) is 4.98 Å². The zero-order chi connectivity index (χ0) is 13.0. The zero-order valence-electron chi connectivity index (χ0n) is 9.31. The van der Waals surface area contributed by atoms with Gasteiger partial charge in [-0.2, -0.15) is 0 Å². The van der Waals surface area contributed by atoms with Crippen LogP contribution in [0, 0.1) is 11.6 Å². The molecule has 1 aromatic heterocycles. The average molecular weight is 245 g/mol. The molecule has 90 valence electrons. The molecule has 1 heterocycles. The highest BCUT2D eigenvalue weighted by atomic mass is 19.2. The lowest BCUT2D eigenvalue weighted by Gasteiger charge is -1.97. The van der Waals surface area contributed by atoms with Crippen molar-refractivity contribution in [3.8, 4) is 0 Å². The van der Waals surface area contributed by atoms with E-state index in [2.05, 4.69) is 4.98 Å². The molecule has 0 fully saturated rings. The highest BCUT2D eigenvalue weighted by molar-refractivity contribution is 6.05. The van der Waals surface area contributed by atoms with Crippen molar-refractivity contribution in [3.05, 3.63) is 71.6 Å². The molecule has 2 nitrogen and oxygen atoms in total. The van der Waals surface area contributed by atoms with Crippen LogP contribution in [0.25, 0.3) is 6.08 Å². The predicted octanol–water partition coefficient (Wildman–Crippen LogP) is 3.26. The summed E-state index contributed by atoms with van der Waals surface area (Å²) in [5.74, 6) is -2.27. The maximum Gasteiger partial charge on any atom is 0.204 e. The summed E-state index contributed by atoms with van der Waals surface area (Å²) in [5, 5.41) is 0. The maximum absolute atomic E-state index is 13.3. The van der Waals surface area contributed by atoms with E-state index in [9.17, 15) is 13.6 Å². The van der Waals surface area contributed by atoms with Gasteiger partial charge in [-0.15, -0.1) is 0 Å². The van der Waals surface area contributed by atoms with E-state index in [1.807, 2.05) is 0 Å². The van der Waals surface area contributed by atoms with Gasteiger partial charge in [0.25, 0.3) is 0 Å². The van der Waals surface area contributed by atoms with Crippen molar-refractivity contribution in [1.29, 1.82) is 0 Å². The Balaban J connectivity index is 2.22. The first-order valence-corrected chi connectivity index (χ1v) is 5.26. The number of pyridine rings is 1. The Morgan fingerprint density at radius 1 is 1.11 bits per heavy atom. The van der Waals surface area contributed by atoms with E-state index in [0.717, 1.165) is 6.07 Å². The highest BCUT2D eigenvalue weighted by Crippen LogP contribution is 2.13. The number of carbonyl (C=O) groups is 1. The molecule has 0 saturated carbocycles. The number of carbonyl (C=O) groups excluding carboxylic acids is 1. The first-order valence-electron chi connectivity index (χ1n) is 5.26. The van der Waals surface area contributed by atoms with E-state index in [4.69, 9.17) is 0 Å². The van der Waals surface area contributed by atoms with Gasteiger partial charge < -0.3 is 0 Å². The van der Waals surface area contributed by atoms with Gasteiger partial charge in [0, 0.05) is 11.8 Å². The molecule has 0 saturated heterocycles. The lowest BCUT2D eigenvalue weighted by Crippen LogP contribution is -1.97. The van der Waals surface area contributed by atoms with Crippen molar-refractivity contribution in [2.45, 2.75) is 0 Å². The molecule has 0 spiro atoms. The Morgan fingerprint density at radius 2 is 1.94 bits per heavy atom. The lowest BCUT2D eigenvalue weighted by molar-refractivity contribution is 0.104. The van der Waals surface area contributed by atoms with Crippen LogP contribution in [-0.2, 0) is 0 Å². The normalized spacial score (nSPS) is 10.8. The summed E-state index contributed by atoms with van der Waals surface area (Å²) >= 11 is 0. The summed E-state index contributed by atoms with van der Waals surface area (Å²) in [7, 11) is 0. The van der Waals surface area contributed by atoms with E-state index in [-0.39, 0.29) is 17.0 Å². The first kappa shape index (κ1) is 12.1. The maximum atomic E-state index is 13.3. The smallest absolute Gasteiger partial charge is 0.204 e. The predicted molar refractivity (Wildman–Crippen MR) is 64.0 cm³/mol. The Kier molecular flexibility index (Phi) is 3.57. The van der Waals surface area contributed by atoms with E-state index < -0.39 is 11.6 Å². The van der Waals surface area contributed by atoms with Gasteiger partial charge in [0.1, 0.15) is 5.69 Å². The molecule has 0 radical (unpaired) electrons. The third-order valence-corrected chi connectivity index (χ3v) is 2.31. The number of ketones is 1. The minimum absolute atomic E-state index is 0.0271. The van der Waals surface area contributed by atoms with Crippen LogP contribution in [0.4, 0.5) is 8.78 Å². The number of aromatic nitrogens is 1. The molecule has 2 aromatic rings. The molecule has 0 aliphatic carbocycles. The summed E-state index contributed by atoms with van der Waals surface area (Å²) in [4.78, 5) is 15.5. The van der Waals surface area contributed by atoms with Gasteiger partial charge in [0.05, 0.1) is 0 Å². The Bertz CT molecular complexity index is 594. The number of allylic oxidation sites excluding steroid dienone is 1. The molecule has 0 unspecified atom stereocenters. The standard InChI is InChI=1S/C14H9F2NO/c15-11-5-3-4-10(14(11)16)7-8-13(18)12-6-1-2-9-17-12/h1-9H/b8-7+. The number of nitrogens with zero attached hydrogens (tertiary/aromatic N) is 1. The van der Waals surface area contributed by atoms with Crippen LogP contribution in [0.15, 0.2) is 48.7 Å². The quantitative estimate of drug-likeness (QED) is 0.613. The number of halogens is 2. The van der Waals surface area contributed by atoms with Gasteiger partial charge in [0.2, 0.25) is 5.78 Å². The Labute approximate surface area is 103 Å². The molecule has 0 aliphatic rings. The largest absolute Gasteiger partial charge is 0.288 e. The summed E-state index contributed by atoms with van der Waals surface area (Å²) in [6.45, 7) is 0. The molecule has 0 aliphatic heterocycles. The van der Waals surface area contributed by atoms with Crippen LogP contribution >= 0.6 is 0 Å². The summed E-state index contributed by atoms with van der Waals surface area (Å²) in [5.41, 5.74) is 0.282. The highest BCUT2D eigenvalue weighted by Gasteiger charge is 2.06. The van der Waals surface area contributed by atoms with Gasteiger partial charge in [0.15, 0.2) is 11.6 Å². The number of hydrogen-bond acceptors (Lipinski definition) is 2. The average Bonchev–Trinajstić information content (AvgIpc) is 2.41. The van der Waals surface area contributed by atoms with Crippen molar-refractivity contribution >= 4 is 11.9 Å². The fourth-order valence-corrected chi connectivity index (χ4v) is 1.41. The molecular weight excluding hydrogens is 236 g/mol. The molecular formula is C14H9F2NO. The number of hydrogen-bond donors (Lipinski definition) is 0. The first-order chi connectivity index (χ1) is 8.68. The van der Waals surface area contributed by atoms with E-state index in [1.54, 1.807) is 18.2 Å². The van der Waals surface area contributed by atoms with Crippen LogP contribution in [0.1, 0.15) is 16.1 Å². The third kappa shape index (κ3) is 2.66. The van der Waals surface area contributed by atoms with Crippen LogP contribution < -0.4 is 0 Å². The zero-order valence-corrected chi connectivity index (χ0v) is 9.31. The second-order valence-electron chi connectivity index (χ2n) is 3.56. The monoisotopic (exact) mass is 245 g/mol. The van der Waals surface area contributed by atoms with Crippen molar-refractivity contribution in [3.63, 3.8) is 0 Å². The van der Waals surface area contributed by atoms with Gasteiger partial charge in [-0.05, 0) is 30.4 Å². The van der Waals surface area contributed by atoms with Crippen molar-refractivity contribution in [2.24, 2.45) is 0 Å². The van der Waals surface area contributed by atoms with Gasteiger partial charge >= 0.3 is 0 Å². The molecule has 4 heteroatoms. The van der Waals surface area contributed by atoms with E-state index in [1.165, 1.54) is 30.5 Å². The van der Waals surface area contributed by atoms with E-state index in [0.29, 0.717) is 0 Å². The Hall–Kier alpha value is -2.36. The topological polar surface area (TPSA) is 30.0 Å². The molecule has 0 bridgehead atoms. The van der Waals surface area contributed by atoms with Crippen LogP contribution in [-0.4, -0.2) is 10.8 Å². The molecule has 0 atom stereocenters. The van der Waals surface area contributed by atoms with Crippen molar-refractivity contribution in [2.75, 3.05) is 0 Å². The summed E-state index contributed by atoms with van der Waals surface area (Å²) in [6, 6.07) is 8.70. The molecule has 0 amide bonds. The minimum atomic E-state index is -0.970. The van der Waals surface area contributed by atoms with Gasteiger partial charge in [-0.25, -0.2) is 8.78 Å². The molecule has 1 aromatic carbocycles. The molecule has 18 heavy (non-hydrogen) atoms. The minimum Gasteiger partial charge on any atom is -0.288 e.